The average Bonchev–Trinajstić information content (AvgIpc) is 2.91. The van der Waals surface area contributed by atoms with Crippen molar-refractivity contribution in [2.24, 2.45) is 12.5 Å². The summed E-state index contributed by atoms with van der Waals surface area (Å²) in [6, 6.07) is 0. The highest BCUT2D eigenvalue weighted by molar-refractivity contribution is 9.09. The first-order chi connectivity index (χ1) is 7.47. The number of hydrogen-bond donors (Lipinski definition) is 1. The molecule has 1 aromatic rings. The van der Waals surface area contributed by atoms with Gasteiger partial charge in [0, 0.05) is 25.1 Å². The van der Waals surface area contributed by atoms with E-state index in [2.05, 4.69) is 25.8 Å². The van der Waals surface area contributed by atoms with E-state index < -0.39 is 10.0 Å². The first-order valence-corrected chi connectivity index (χ1v) is 7.62. The van der Waals surface area contributed by atoms with Crippen molar-refractivity contribution in [2.75, 3.05) is 11.9 Å². The van der Waals surface area contributed by atoms with E-state index in [9.17, 15) is 8.42 Å². The molecule has 16 heavy (non-hydrogen) atoms. The molecule has 1 N–H and O–H groups in total. The topological polar surface area (TPSA) is 64.0 Å². The van der Waals surface area contributed by atoms with E-state index in [1.807, 2.05) is 0 Å². The molecule has 1 aliphatic rings. The van der Waals surface area contributed by atoms with Crippen LogP contribution in [0.4, 0.5) is 0 Å². The number of rotatable bonds is 5. The molecule has 0 radical (unpaired) electrons. The van der Waals surface area contributed by atoms with Gasteiger partial charge in [-0.05, 0) is 18.3 Å². The third kappa shape index (κ3) is 2.46. The fourth-order valence-corrected chi connectivity index (χ4v) is 3.30. The van der Waals surface area contributed by atoms with Crippen LogP contribution in [0.3, 0.4) is 0 Å². The van der Waals surface area contributed by atoms with Gasteiger partial charge in [0.1, 0.15) is 4.90 Å². The van der Waals surface area contributed by atoms with Gasteiger partial charge in [-0.3, -0.25) is 4.68 Å². The van der Waals surface area contributed by atoms with Crippen LogP contribution in [0.2, 0.25) is 0 Å². The molecule has 0 atom stereocenters. The molecule has 0 aliphatic heterocycles. The van der Waals surface area contributed by atoms with Gasteiger partial charge in [0.15, 0.2) is 0 Å². The summed E-state index contributed by atoms with van der Waals surface area (Å²) in [6.45, 7) is 0.496. The normalized spacial score (nSPS) is 18.6. The highest BCUT2D eigenvalue weighted by Crippen LogP contribution is 2.46. The number of nitrogens with one attached hydrogen (secondary N) is 1. The Balaban J connectivity index is 2.04. The van der Waals surface area contributed by atoms with Gasteiger partial charge >= 0.3 is 0 Å². The standard InChI is InChI=1S/C9H14BrN3O2S/c1-13-5-8(4-11-13)16(14,15)12-7-9(6-10)2-3-9/h4-5,12H,2-3,6-7H2,1H3. The second-order valence-corrected chi connectivity index (χ2v) is 6.64. The van der Waals surface area contributed by atoms with Crippen molar-refractivity contribution in [3.05, 3.63) is 12.4 Å². The van der Waals surface area contributed by atoms with Gasteiger partial charge in [-0.25, -0.2) is 13.1 Å². The summed E-state index contributed by atoms with van der Waals surface area (Å²) in [6.07, 6.45) is 5.01. The Morgan fingerprint density at radius 1 is 1.62 bits per heavy atom. The number of sulfonamides is 1. The van der Waals surface area contributed by atoms with Crippen LogP contribution < -0.4 is 4.72 Å². The SMILES string of the molecule is Cn1cc(S(=O)(=O)NCC2(CBr)CC2)cn1. The van der Waals surface area contributed by atoms with E-state index in [1.165, 1.54) is 17.1 Å². The fraction of sp³-hybridized carbons (Fsp3) is 0.667. The van der Waals surface area contributed by atoms with Gasteiger partial charge in [-0.2, -0.15) is 5.10 Å². The van der Waals surface area contributed by atoms with Crippen LogP contribution in [-0.2, 0) is 17.1 Å². The van der Waals surface area contributed by atoms with E-state index in [1.54, 1.807) is 7.05 Å². The molecule has 0 unspecified atom stereocenters. The maximum Gasteiger partial charge on any atom is 0.243 e. The predicted molar refractivity (Wildman–Crippen MR) is 63.9 cm³/mol. The molecule has 1 aromatic heterocycles. The van der Waals surface area contributed by atoms with Gasteiger partial charge in [0.05, 0.1) is 6.20 Å². The van der Waals surface area contributed by atoms with Crippen LogP contribution in [0.5, 0.6) is 0 Å². The maximum absolute atomic E-state index is 11.9. The molecule has 1 fully saturated rings. The average molecular weight is 308 g/mol. The summed E-state index contributed by atoms with van der Waals surface area (Å²) < 4.78 is 27.8. The van der Waals surface area contributed by atoms with Crippen molar-refractivity contribution in [3.8, 4) is 0 Å². The van der Waals surface area contributed by atoms with E-state index in [0.29, 0.717) is 6.54 Å². The second-order valence-electron chi connectivity index (χ2n) is 4.31. The van der Waals surface area contributed by atoms with E-state index in [4.69, 9.17) is 0 Å². The number of nitrogens with zero attached hydrogens (tertiary/aromatic N) is 2. The Labute approximate surface area is 103 Å². The number of aromatic nitrogens is 2. The van der Waals surface area contributed by atoms with Crippen molar-refractivity contribution in [1.29, 1.82) is 0 Å². The predicted octanol–water partition coefficient (Wildman–Crippen LogP) is 0.873. The van der Waals surface area contributed by atoms with Gasteiger partial charge in [0.2, 0.25) is 10.0 Å². The summed E-state index contributed by atoms with van der Waals surface area (Å²) in [7, 11) is -1.70. The Hall–Kier alpha value is -0.400. The molecule has 0 amide bonds. The third-order valence-corrected chi connectivity index (χ3v) is 5.41. The van der Waals surface area contributed by atoms with E-state index >= 15 is 0 Å². The molecule has 1 aliphatic carbocycles. The van der Waals surface area contributed by atoms with Crippen LogP contribution in [-0.4, -0.2) is 30.1 Å². The van der Waals surface area contributed by atoms with E-state index in [0.717, 1.165) is 18.2 Å². The van der Waals surface area contributed by atoms with Crippen molar-refractivity contribution in [1.82, 2.24) is 14.5 Å². The van der Waals surface area contributed by atoms with Crippen LogP contribution in [0.25, 0.3) is 0 Å². The first-order valence-electron chi connectivity index (χ1n) is 5.02. The molecule has 5 nitrogen and oxygen atoms in total. The van der Waals surface area contributed by atoms with Crippen molar-refractivity contribution >= 4 is 26.0 Å². The Morgan fingerprint density at radius 2 is 2.31 bits per heavy atom. The van der Waals surface area contributed by atoms with Crippen LogP contribution in [0.1, 0.15) is 12.8 Å². The zero-order valence-corrected chi connectivity index (χ0v) is 11.4. The maximum atomic E-state index is 11.9. The van der Waals surface area contributed by atoms with Gasteiger partial charge in [-0.15, -0.1) is 0 Å². The molecule has 0 spiro atoms. The minimum atomic E-state index is -3.40. The second kappa shape index (κ2) is 4.12. The molecule has 2 rings (SSSR count). The molecular weight excluding hydrogens is 294 g/mol. The summed E-state index contributed by atoms with van der Waals surface area (Å²) in [5.74, 6) is 0. The molecule has 1 saturated carbocycles. The molecule has 7 heteroatoms. The minimum Gasteiger partial charge on any atom is -0.274 e. The van der Waals surface area contributed by atoms with E-state index in [-0.39, 0.29) is 10.3 Å². The molecular formula is C9H14BrN3O2S. The lowest BCUT2D eigenvalue weighted by atomic mass is 10.1. The largest absolute Gasteiger partial charge is 0.274 e. The Kier molecular flexibility index (Phi) is 3.11. The van der Waals surface area contributed by atoms with Gasteiger partial charge < -0.3 is 0 Å². The lowest BCUT2D eigenvalue weighted by Gasteiger charge is -2.11. The lowest BCUT2D eigenvalue weighted by Crippen LogP contribution is -2.30. The van der Waals surface area contributed by atoms with Crippen LogP contribution >= 0.6 is 15.9 Å². The minimum absolute atomic E-state index is 0.134. The molecule has 0 saturated heterocycles. The fourth-order valence-electron chi connectivity index (χ4n) is 1.40. The van der Waals surface area contributed by atoms with Crippen molar-refractivity contribution < 1.29 is 8.42 Å². The number of hydrogen-bond acceptors (Lipinski definition) is 3. The summed E-state index contributed by atoms with van der Waals surface area (Å²) in [5.41, 5.74) is 0.134. The Morgan fingerprint density at radius 3 is 2.75 bits per heavy atom. The number of halogens is 1. The highest BCUT2D eigenvalue weighted by Gasteiger charge is 2.42. The first kappa shape index (κ1) is 12.1. The third-order valence-electron chi connectivity index (χ3n) is 2.87. The van der Waals surface area contributed by atoms with Crippen molar-refractivity contribution in [2.45, 2.75) is 17.7 Å². The van der Waals surface area contributed by atoms with Crippen molar-refractivity contribution in [3.63, 3.8) is 0 Å². The number of alkyl halides is 1. The molecule has 0 aromatic carbocycles. The lowest BCUT2D eigenvalue weighted by molar-refractivity contribution is 0.538. The highest BCUT2D eigenvalue weighted by atomic mass is 79.9. The molecule has 0 bridgehead atoms. The smallest absolute Gasteiger partial charge is 0.243 e. The molecule has 1 heterocycles. The number of aryl methyl sites for hydroxylation is 1. The van der Waals surface area contributed by atoms with Gasteiger partial charge in [-0.1, -0.05) is 15.9 Å². The Bertz CT molecular complexity index is 479. The summed E-state index contributed by atoms with van der Waals surface area (Å²) in [5, 5.41) is 4.69. The summed E-state index contributed by atoms with van der Waals surface area (Å²) >= 11 is 3.41. The quantitative estimate of drug-likeness (QED) is 0.821. The zero-order chi connectivity index (χ0) is 11.8. The van der Waals surface area contributed by atoms with Crippen LogP contribution in [0.15, 0.2) is 17.3 Å². The zero-order valence-electron chi connectivity index (χ0n) is 8.98. The molecule has 90 valence electrons. The monoisotopic (exact) mass is 307 g/mol. The summed E-state index contributed by atoms with van der Waals surface area (Å²) in [4.78, 5) is 0.223. The van der Waals surface area contributed by atoms with Gasteiger partial charge in [0.25, 0.3) is 0 Å². The van der Waals surface area contributed by atoms with Crippen LogP contribution in [0, 0.1) is 5.41 Å².